The van der Waals surface area contributed by atoms with Gasteiger partial charge in [-0.1, -0.05) is 24.3 Å². The Bertz CT molecular complexity index is 1200. The van der Waals surface area contributed by atoms with Crippen molar-refractivity contribution in [3.8, 4) is 11.5 Å². The van der Waals surface area contributed by atoms with Crippen LogP contribution in [0.25, 0.3) is 21.9 Å². The van der Waals surface area contributed by atoms with Crippen molar-refractivity contribution >= 4 is 21.9 Å². The lowest BCUT2D eigenvalue weighted by Crippen LogP contribution is -1.89. The molecule has 1 aliphatic carbocycles. The molecular formula is C26H18F2O2. The molecule has 0 aromatic heterocycles. The molecule has 5 rings (SSSR count). The second-order valence-corrected chi connectivity index (χ2v) is 7.18. The van der Waals surface area contributed by atoms with Crippen molar-refractivity contribution in [1.82, 2.24) is 0 Å². The van der Waals surface area contributed by atoms with E-state index in [4.69, 9.17) is 9.47 Å². The van der Waals surface area contributed by atoms with E-state index < -0.39 is 0 Å². The first-order valence-electron chi connectivity index (χ1n) is 9.56. The van der Waals surface area contributed by atoms with Crippen LogP contribution in [0, 0.1) is 11.6 Å². The summed E-state index contributed by atoms with van der Waals surface area (Å²) in [6.07, 6.45) is 0. The van der Waals surface area contributed by atoms with Crippen LogP contribution in [0.15, 0.2) is 72.8 Å². The highest BCUT2D eigenvalue weighted by Gasteiger charge is 2.31. The predicted octanol–water partition coefficient (Wildman–Crippen LogP) is 6.46. The quantitative estimate of drug-likeness (QED) is 0.345. The summed E-state index contributed by atoms with van der Waals surface area (Å²) in [5.41, 5.74) is 5.94. The number of ether oxygens (including phenoxy) is 2. The van der Waals surface area contributed by atoms with Crippen molar-refractivity contribution in [2.45, 2.75) is 0 Å². The van der Waals surface area contributed by atoms with Crippen LogP contribution >= 0.6 is 0 Å². The third-order valence-corrected chi connectivity index (χ3v) is 5.51. The molecule has 30 heavy (non-hydrogen) atoms. The summed E-state index contributed by atoms with van der Waals surface area (Å²) in [5, 5.41) is 1.92. The summed E-state index contributed by atoms with van der Waals surface area (Å²) in [5.74, 6) is 0.946. The third-order valence-electron chi connectivity index (χ3n) is 5.51. The largest absolute Gasteiger partial charge is 0.496 e. The van der Waals surface area contributed by atoms with E-state index in [0.29, 0.717) is 0 Å². The zero-order valence-electron chi connectivity index (χ0n) is 16.5. The maximum atomic E-state index is 13.5. The maximum absolute atomic E-state index is 13.5. The zero-order valence-corrected chi connectivity index (χ0v) is 16.5. The third kappa shape index (κ3) is 2.92. The van der Waals surface area contributed by atoms with Crippen LogP contribution in [0.3, 0.4) is 0 Å². The molecule has 148 valence electrons. The standard InChI is InChI=1S/C26H18F2O2/c1-29-23-11-12-24(30-2)20-14-22-21(13-19(20)23)26(22)25(15-3-7-17(27)8-4-15)16-5-9-18(28)10-6-16/h3-14H,1-2H3. The average molecular weight is 400 g/mol. The minimum atomic E-state index is -0.296. The van der Waals surface area contributed by atoms with Crippen molar-refractivity contribution in [1.29, 1.82) is 0 Å². The first kappa shape index (κ1) is 18.4. The Morgan fingerprint density at radius 3 is 1.37 bits per heavy atom. The fourth-order valence-electron chi connectivity index (χ4n) is 4.01. The molecule has 1 aliphatic rings. The molecule has 0 spiro atoms. The first-order valence-corrected chi connectivity index (χ1v) is 9.56. The summed E-state index contributed by atoms with van der Waals surface area (Å²) >= 11 is 0. The van der Waals surface area contributed by atoms with E-state index in [2.05, 4.69) is 12.1 Å². The minimum absolute atomic E-state index is 0.296. The van der Waals surface area contributed by atoms with Crippen LogP contribution in [0.1, 0.15) is 22.3 Å². The summed E-state index contributed by atoms with van der Waals surface area (Å²) < 4.78 is 38.2. The van der Waals surface area contributed by atoms with Crippen LogP contribution < -0.4 is 9.47 Å². The molecule has 0 bridgehead atoms. The van der Waals surface area contributed by atoms with Gasteiger partial charge in [-0.3, -0.25) is 0 Å². The van der Waals surface area contributed by atoms with Gasteiger partial charge in [0.15, 0.2) is 0 Å². The molecule has 4 aromatic carbocycles. The number of hydrogen-bond donors (Lipinski definition) is 0. The van der Waals surface area contributed by atoms with Gasteiger partial charge in [0, 0.05) is 10.8 Å². The average Bonchev–Trinajstić information content (AvgIpc) is 3.46. The summed E-state index contributed by atoms with van der Waals surface area (Å²) in [7, 11) is 3.29. The number of methoxy groups -OCH3 is 2. The molecular weight excluding hydrogens is 382 g/mol. The lowest BCUT2D eigenvalue weighted by molar-refractivity contribution is 0.410. The monoisotopic (exact) mass is 400 g/mol. The molecule has 0 saturated carbocycles. The van der Waals surface area contributed by atoms with E-state index in [1.807, 2.05) is 12.1 Å². The van der Waals surface area contributed by atoms with Gasteiger partial charge in [-0.25, -0.2) is 8.78 Å². The van der Waals surface area contributed by atoms with Crippen LogP contribution in [0.4, 0.5) is 8.78 Å². The van der Waals surface area contributed by atoms with Gasteiger partial charge in [0.1, 0.15) is 23.1 Å². The van der Waals surface area contributed by atoms with Gasteiger partial charge >= 0.3 is 0 Å². The topological polar surface area (TPSA) is 18.5 Å². The molecule has 0 fully saturated rings. The van der Waals surface area contributed by atoms with Crippen molar-refractivity contribution in [3.05, 3.63) is 107 Å². The number of rotatable bonds is 4. The smallest absolute Gasteiger partial charge is 0.126 e. The SMILES string of the molecule is COc1ccc(OC)c2cc3c(cc12)C3=C(c1ccc(F)cc1)c1ccc(F)cc1. The molecule has 2 nitrogen and oxygen atoms in total. The van der Waals surface area contributed by atoms with Crippen molar-refractivity contribution < 1.29 is 18.3 Å². The van der Waals surface area contributed by atoms with Crippen LogP contribution in [-0.2, 0) is 0 Å². The Labute approximate surface area is 173 Å². The Hall–Kier alpha value is -3.66. The first-order chi connectivity index (χ1) is 14.6. The van der Waals surface area contributed by atoms with E-state index >= 15 is 0 Å². The Balaban J connectivity index is 1.77. The lowest BCUT2D eigenvalue weighted by atomic mass is 9.96. The molecule has 0 aliphatic heterocycles. The highest BCUT2D eigenvalue weighted by Crippen LogP contribution is 2.52. The second kappa shape index (κ2) is 6.99. The zero-order chi connectivity index (χ0) is 20.8. The van der Waals surface area contributed by atoms with Crippen molar-refractivity contribution in [2.75, 3.05) is 14.2 Å². The van der Waals surface area contributed by atoms with Gasteiger partial charge in [0.05, 0.1) is 14.2 Å². The molecule has 0 saturated heterocycles. The number of fused-ring (bicyclic) bond motifs is 2. The number of hydrogen-bond acceptors (Lipinski definition) is 2. The van der Waals surface area contributed by atoms with E-state index in [1.54, 1.807) is 38.5 Å². The second-order valence-electron chi connectivity index (χ2n) is 7.18. The van der Waals surface area contributed by atoms with E-state index in [9.17, 15) is 8.78 Å². The minimum Gasteiger partial charge on any atom is -0.496 e. The molecule has 0 heterocycles. The molecule has 0 atom stereocenters. The highest BCUT2D eigenvalue weighted by atomic mass is 19.1. The molecule has 4 heteroatoms. The van der Waals surface area contributed by atoms with E-state index in [1.165, 1.54) is 24.3 Å². The molecule has 0 unspecified atom stereocenters. The van der Waals surface area contributed by atoms with Crippen LogP contribution in [0.2, 0.25) is 0 Å². The Kier molecular flexibility index (Phi) is 4.28. The predicted molar refractivity (Wildman–Crippen MR) is 115 cm³/mol. The maximum Gasteiger partial charge on any atom is 0.126 e. The van der Waals surface area contributed by atoms with Crippen molar-refractivity contribution in [3.63, 3.8) is 0 Å². The molecule has 0 radical (unpaired) electrons. The van der Waals surface area contributed by atoms with Gasteiger partial charge < -0.3 is 9.47 Å². The normalized spacial score (nSPS) is 11.9. The molecule has 4 aromatic rings. The molecule has 0 amide bonds. The summed E-state index contributed by atoms with van der Waals surface area (Å²) in [6.45, 7) is 0. The van der Waals surface area contributed by atoms with Gasteiger partial charge in [-0.05, 0) is 81.9 Å². The van der Waals surface area contributed by atoms with Crippen LogP contribution in [-0.4, -0.2) is 14.2 Å². The van der Waals surface area contributed by atoms with Gasteiger partial charge in [0.25, 0.3) is 0 Å². The number of benzene rings is 4. The Morgan fingerprint density at radius 1 is 0.600 bits per heavy atom. The van der Waals surface area contributed by atoms with E-state index in [0.717, 1.165) is 55.7 Å². The number of halogens is 2. The highest BCUT2D eigenvalue weighted by molar-refractivity contribution is 6.19. The summed E-state index contributed by atoms with van der Waals surface area (Å²) in [4.78, 5) is 0. The fourth-order valence-corrected chi connectivity index (χ4v) is 4.01. The van der Waals surface area contributed by atoms with Gasteiger partial charge in [-0.2, -0.15) is 0 Å². The summed E-state index contributed by atoms with van der Waals surface area (Å²) in [6, 6.07) is 20.7. The fraction of sp³-hybridized carbons (Fsp3) is 0.0769. The van der Waals surface area contributed by atoms with Gasteiger partial charge in [-0.15, -0.1) is 0 Å². The Morgan fingerprint density at radius 2 is 1.00 bits per heavy atom. The van der Waals surface area contributed by atoms with Gasteiger partial charge in [0.2, 0.25) is 0 Å². The van der Waals surface area contributed by atoms with Crippen molar-refractivity contribution in [2.24, 2.45) is 0 Å². The van der Waals surface area contributed by atoms with E-state index in [-0.39, 0.29) is 11.6 Å². The molecule has 0 N–H and O–H groups in total. The van der Waals surface area contributed by atoms with Crippen LogP contribution in [0.5, 0.6) is 11.5 Å². The lowest BCUT2D eigenvalue weighted by Gasteiger charge is -2.08.